The number of ether oxygens (including phenoxy) is 1. The van der Waals surface area contributed by atoms with E-state index in [1.165, 1.54) is 12.3 Å². The van der Waals surface area contributed by atoms with Crippen molar-refractivity contribution in [2.24, 2.45) is 0 Å². The van der Waals surface area contributed by atoms with E-state index in [0.29, 0.717) is 16.8 Å². The molecule has 2 aromatic heterocycles. The topological polar surface area (TPSA) is 98.8 Å². The van der Waals surface area contributed by atoms with Crippen molar-refractivity contribution in [3.8, 4) is 0 Å². The van der Waals surface area contributed by atoms with Gasteiger partial charge in [-0.25, -0.2) is 9.59 Å². The molecule has 0 atom stereocenters. The molecule has 2 aromatic carbocycles. The second-order valence-electron chi connectivity index (χ2n) is 8.49. The van der Waals surface area contributed by atoms with Crippen LogP contribution >= 0.6 is 0 Å². The number of carbonyl (C=O) groups is 2. The van der Waals surface area contributed by atoms with Crippen molar-refractivity contribution < 1.29 is 23.2 Å². The van der Waals surface area contributed by atoms with Crippen molar-refractivity contribution in [3.05, 3.63) is 98.8 Å². The molecule has 0 radical (unpaired) electrons. The van der Waals surface area contributed by atoms with Crippen molar-refractivity contribution in [2.45, 2.75) is 40.2 Å². The number of aryl methyl sites for hydroxylation is 2. The maximum Gasteiger partial charge on any atom is 0.338 e. The Morgan fingerprint density at radius 2 is 1.82 bits per heavy atom. The molecule has 7 heteroatoms. The zero-order valence-electron chi connectivity index (χ0n) is 19.4. The molecular formula is C27H25NO6. The molecule has 174 valence electrons. The van der Waals surface area contributed by atoms with E-state index in [2.05, 4.69) is 19.2 Å². The fourth-order valence-electron chi connectivity index (χ4n) is 3.83. The summed E-state index contributed by atoms with van der Waals surface area (Å²) in [5.41, 5.74) is 4.20. The molecule has 4 rings (SSSR count). The van der Waals surface area contributed by atoms with E-state index < -0.39 is 17.5 Å². The Balaban J connectivity index is 1.56. The summed E-state index contributed by atoms with van der Waals surface area (Å²) in [6.45, 7) is 7.88. The van der Waals surface area contributed by atoms with E-state index in [-0.39, 0.29) is 23.8 Å². The maximum absolute atomic E-state index is 12.8. The third-order valence-electron chi connectivity index (χ3n) is 5.66. The van der Waals surface area contributed by atoms with Crippen LogP contribution in [0.15, 0.2) is 68.4 Å². The largest absolute Gasteiger partial charge is 0.459 e. The van der Waals surface area contributed by atoms with Gasteiger partial charge in [0.25, 0.3) is 5.91 Å². The molecule has 0 fully saturated rings. The number of hydrogen-bond acceptors (Lipinski definition) is 6. The zero-order chi connectivity index (χ0) is 24.4. The molecule has 0 saturated carbocycles. The van der Waals surface area contributed by atoms with Gasteiger partial charge in [-0.2, -0.15) is 0 Å². The van der Waals surface area contributed by atoms with Gasteiger partial charge in [0, 0.05) is 22.7 Å². The van der Waals surface area contributed by atoms with E-state index >= 15 is 0 Å². The van der Waals surface area contributed by atoms with Crippen molar-refractivity contribution in [1.29, 1.82) is 0 Å². The molecule has 0 bridgehead atoms. The van der Waals surface area contributed by atoms with Crippen LogP contribution in [0, 0.1) is 13.8 Å². The van der Waals surface area contributed by atoms with Crippen LogP contribution in [0.2, 0.25) is 0 Å². The number of rotatable bonds is 6. The molecule has 0 unspecified atom stereocenters. The van der Waals surface area contributed by atoms with E-state index in [1.807, 2.05) is 26.0 Å². The van der Waals surface area contributed by atoms with Crippen molar-refractivity contribution in [1.82, 2.24) is 0 Å². The van der Waals surface area contributed by atoms with Gasteiger partial charge in [-0.3, -0.25) is 4.79 Å². The number of amides is 1. The first-order chi connectivity index (χ1) is 16.2. The minimum absolute atomic E-state index is 0.0938. The molecule has 0 saturated heterocycles. The van der Waals surface area contributed by atoms with E-state index in [9.17, 15) is 14.4 Å². The third-order valence-corrected chi connectivity index (χ3v) is 5.66. The van der Waals surface area contributed by atoms with Crippen LogP contribution in [0.5, 0.6) is 0 Å². The Hall–Kier alpha value is -4.13. The Labute approximate surface area is 196 Å². The number of carbonyl (C=O) groups excluding carboxylic acids is 2. The smallest absolute Gasteiger partial charge is 0.338 e. The summed E-state index contributed by atoms with van der Waals surface area (Å²) in [5, 5.41) is 3.47. The lowest BCUT2D eigenvalue weighted by atomic mass is 9.95. The summed E-state index contributed by atoms with van der Waals surface area (Å²) < 4.78 is 16.0. The average Bonchev–Trinajstić information content (AvgIpc) is 3.33. The number of anilines is 1. The summed E-state index contributed by atoms with van der Waals surface area (Å²) >= 11 is 0. The van der Waals surface area contributed by atoms with E-state index in [1.54, 1.807) is 30.3 Å². The Kier molecular flexibility index (Phi) is 6.36. The molecule has 34 heavy (non-hydrogen) atoms. The lowest BCUT2D eigenvalue weighted by Gasteiger charge is -2.13. The van der Waals surface area contributed by atoms with Gasteiger partial charge in [-0.05, 0) is 72.9 Å². The second-order valence-corrected chi connectivity index (χ2v) is 8.49. The predicted molar refractivity (Wildman–Crippen MR) is 128 cm³/mol. The summed E-state index contributed by atoms with van der Waals surface area (Å²) in [5.74, 6) is -0.546. The van der Waals surface area contributed by atoms with Crippen LogP contribution < -0.4 is 10.9 Å². The number of esters is 1. The quantitative estimate of drug-likeness (QED) is 0.292. The molecule has 7 nitrogen and oxygen atoms in total. The van der Waals surface area contributed by atoms with Crippen molar-refractivity contribution >= 4 is 28.5 Å². The molecule has 0 spiro atoms. The SMILES string of the molecule is Cc1ccc(C(=O)OCc2cc(=O)oc3cc(C)c(C(C)C)cc23)cc1NC(=O)c1ccco1. The van der Waals surface area contributed by atoms with Crippen molar-refractivity contribution in [3.63, 3.8) is 0 Å². The first kappa shape index (κ1) is 23.0. The molecule has 0 aliphatic rings. The first-order valence-electron chi connectivity index (χ1n) is 10.9. The fourth-order valence-corrected chi connectivity index (χ4v) is 3.83. The molecule has 1 N–H and O–H groups in total. The fraction of sp³-hybridized carbons (Fsp3) is 0.222. The van der Waals surface area contributed by atoms with Gasteiger partial charge in [0.2, 0.25) is 0 Å². The minimum Gasteiger partial charge on any atom is -0.459 e. The second kappa shape index (κ2) is 9.39. The Morgan fingerprint density at radius 1 is 1.03 bits per heavy atom. The maximum atomic E-state index is 12.8. The third kappa shape index (κ3) is 4.78. The highest BCUT2D eigenvalue weighted by molar-refractivity contribution is 6.03. The van der Waals surface area contributed by atoms with E-state index in [4.69, 9.17) is 13.6 Å². The van der Waals surface area contributed by atoms with Crippen LogP contribution in [0.1, 0.15) is 62.9 Å². The van der Waals surface area contributed by atoms with Gasteiger partial charge < -0.3 is 18.9 Å². The lowest BCUT2D eigenvalue weighted by molar-refractivity contribution is 0.0473. The van der Waals surface area contributed by atoms with Gasteiger partial charge in [0.1, 0.15) is 12.2 Å². The van der Waals surface area contributed by atoms with Gasteiger partial charge in [-0.15, -0.1) is 0 Å². The highest BCUT2D eigenvalue weighted by atomic mass is 16.5. The van der Waals surface area contributed by atoms with Crippen LogP contribution in [-0.2, 0) is 11.3 Å². The molecule has 4 aromatic rings. The van der Waals surface area contributed by atoms with E-state index in [0.717, 1.165) is 22.1 Å². The summed E-state index contributed by atoms with van der Waals surface area (Å²) in [4.78, 5) is 37.2. The number of hydrogen-bond donors (Lipinski definition) is 1. The number of nitrogens with one attached hydrogen (secondary N) is 1. The number of furan rings is 1. The average molecular weight is 459 g/mol. The Bertz CT molecular complexity index is 1430. The molecular weight excluding hydrogens is 434 g/mol. The number of benzene rings is 2. The summed E-state index contributed by atoms with van der Waals surface area (Å²) in [7, 11) is 0. The first-order valence-corrected chi connectivity index (χ1v) is 10.9. The highest BCUT2D eigenvalue weighted by Crippen LogP contribution is 2.27. The Morgan fingerprint density at radius 3 is 2.53 bits per heavy atom. The van der Waals surface area contributed by atoms with Gasteiger partial charge >= 0.3 is 11.6 Å². The predicted octanol–water partition coefficient (Wildman–Crippen LogP) is 5.74. The van der Waals surface area contributed by atoms with Gasteiger partial charge in [-0.1, -0.05) is 19.9 Å². The number of fused-ring (bicyclic) bond motifs is 1. The normalized spacial score (nSPS) is 11.1. The van der Waals surface area contributed by atoms with Crippen LogP contribution in [0.25, 0.3) is 11.0 Å². The highest BCUT2D eigenvalue weighted by Gasteiger charge is 2.16. The summed E-state index contributed by atoms with van der Waals surface area (Å²) in [6.07, 6.45) is 1.41. The van der Waals surface area contributed by atoms with Crippen LogP contribution in [0.4, 0.5) is 5.69 Å². The molecule has 1 amide bonds. The lowest BCUT2D eigenvalue weighted by Crippen LogP contribution is -2.13. The summed E-state index contributed by atoms with van der Waals surface area (Å²) in [6, 6.07) is 13.2. The minimum atomic E-state index is -0.578. The van der Waals surface area contributed by atoms with Crippen LogP contribution in [0.3, 0.4) is 0 Å². The monoisotopic (exact) mass is 459 g/mol. The standard InChI is InChI=1S/C27H25NO6/c1-15(2)20-13-21-19(12-25(29)34-24(21)10-17(20)4)14-33-27(31)18-8-7-16(3)22(11-18)28-26(30)23-6-5-9-32-23/h5-13,15H,14H2,1-4H3,(H,28,30). The molecule has 2 heterocycles. The van der Waals surface area contributed by atoms with Crippen molar-refractivity contribution in [2.75, 3.05) is 5.32 Å². The molecule has 0 aliphatic carbocycles. The molecule has 0 aliphatic heterocycles. The van der Waals surface area contributed by atoms with Gasteiger partial charge in [0.15, 0.2) is 5.76 Å². The zero-order valence-corrected chi connectivity index (χ0v) is 19.4. The van der Waals surface area contributed by atoms with Gasteiger partial charge in [0.05, 0.1) is 11.8 Å². The van der Waals surface area contributed by atoms with Crippen LogP contribution in [-0.4, -0.2) is 11.9 Å².